The highest BCUT2D eigenvalue weighted by Gasteiger charge is 2.36. The summed E-state index contributed by atoms with van der Waals surface area (Å²) in [6, 6.07) is 7.35. The number of nitrogens with one attached hydrogen (secondary N) is 1. The number of aromatic nitrogens is 1. The minimum atomic E-state index is -0.396. The lowest BCUT2D eigenvalue weighted by Gasteiger charge is -2.41. The van der Waals surface area contributed by atoms with E-state index in [-0.39, 0.29) is 29.8 Å². The molecule has 0 atom stereocenters. The van der Waals surface area contributed by atoms with Gasteiger partial charge in [-0.15, -0.1) is 0 Å². The molecule has 1 saturated heterocycles. The largest absolute Gasteiger partial charge is 0.465 e. The molecule has 1 N–H and O–H groups in total. The maximum Gasteiger partial charge on any atom is 0.325 e. The molecular weight excluding hydrogens is 496 g/mol. The molecular formula is C30H42N4O5. The van der Waals surface area contributed by atoms with E-state index < -0.39 is 5.97 Å². The van der Waals surface area contributed by atoms with E-state index in [1.807, 2.05) is 19.1 Å². The number of hydrogen-bond acceptors (Lipinski definition) is 7. The number of anilines is 1. The van der Waals surface area contributed by atoms with Gasteiger partial charge in [0.25, 0.3) is 5.91 Å². The van der Waals surface area contributed by atoms with E-state index in [2.05, 4.69) is 15.2 Å². The van der Waals surface area contributed by atoms with Crippen molar-refractivity contribution in [2.75, 3.05) is 37.7 Å². The number of ether oxygens (including phenoxy) is 1. The second-order valence-electron chi connectivity index (χ2n) is 11.0. The Morgan fingerprint density at radius 1 is 1.15 bits per heavy atom. The second-order valence-corrected chi connectivity index (χ2v) is 11.0. The molecule has 212 valence electrons. The lowest BCUT2D eigenvalue weighted by Crippen LogP contribution is -2.48. The molecule has 9 heteroatoms. The van der Waals surface area contributed by atoms with Gasteiger partial charge in [-0.1, -0.05) is 25.3 Å². The lowest BCUT2D eigenvalue weighted by atomic mass is 9.69. The monoisotopic (exact) mass is 538 g/mol. The molecule has 0 unspecified atom stereocenters. The maximum atomic E-state index is 13.4. The first kappa shape index (κ1) is 28.8. The van der Waals surface area contributed by atoms with Crippen LogP contribution in [0.4, 0.5) is 5.82 Å². The molecule has 2 aromatic heterocycles. The number of piperidine rings is 1. The molecule has 0 bridgehead atoms. The van der Waals surface area contributed by atoms with Gasteiger partial charge in [0.2, 0.25) is 5.91 Å². The fraction of sp³-hybridized carbons (Fsp3) is 0.600. The average Bonchev–Trinajstić information content (AvgIpc) is 3.49. The quantitative estimate of drug-likeness (QED) is 0.420. The summed E-state index contributed by atoms with van der Waals surface area (Å²) in [5.74, 6) is 0.341. The van der Waals surface area contributed by atoms with Crippen LogP contribution in [-0.2, 0) is 14.3 Å². The molecule has 9 nitrogen and oxygen atoms in total. The van der Waals surface area contributed by atoms with Crippen molar-refractivity contribution in [2.45, 2.75) is 77.7 Å². The average molecular weight is 539 g/mol. The third kappa shape index (κ3) is 7.91. The van der Waals surface area contributed by atoms with E-state index >= 15 is 0 Å². The van der Waals surface area contributed by atoms with Crippen molar-refractivity contribution in [3.8, 4) is 0 Å². The van der Waals surface area contributed by atoms with Crippen LogP contribution in [0.25, 0.3) is 0 Å². The molecule has 3 heterocycles. The second kappa shape index (κ2) is 13.7. The van der Waals surface area contributed by atoms with Gasteiger partial charge in [0, 0.05) is 31.7 Å². The summed E-state index contributed by atoms with van der Waals surface area (Å²) in [6.45, 7) is 6.66. The third-order valence-corrected chi connectivity index (χ3v) is 8.16. The minimum Gasteiger partial charge on any atom is -0.465 e. The van der Waals surface area contributed by atoms with E-state index in [9.17, 15) is 14.4 Å². The maximum absolute atomic E-state index is 13.4. The van der Waals surface area contributed by atoms with Crippen LogP contribution >= 0.6 is 0 Å². The highest BCUT2D eigenvalue weighted by Crippen LogP contribution is 2.42. The van der Waals surface area contributed by atoms with Gasteiger partial charge in [0.05, 0.1) is 12.9 Å². The van der Waals surface area contributed by atoms with Crippen LogP contribution in [0, 0.1) is 12.3 Å². The number of carbonyl (C=O) groups excluding carboxylic acids is 3. The SMILES string of the molecule is CCOC(=O)CNC(=O)CC1(CCN2CCC(N(C(=O)c3ccco3)c3ccc(C)cn3)CC2)CCCCC1. The molecule has 1 aliphatic carbocycles. The number of pyridine rings is 1. The highest BCUT2D eigenvalue weighted by atomic mass is 16.5. The molecule has 39 heavy (non-hydrogen) atoms. The first-order chi connectivity index (χ1) is 18.9. The van der Waals surface area contributed by atoms with E-state index in [0.717, 1.165) is 70.1 Å². The zero-order valence-electron chi connectivity index (χ0n) is 23.3. The molecule has 2 aliphatic rings. The summed E-state index contributed by atoms with van der Waals surface area (Å²) in [6.07, 6.45) is 12.0. The standard InChI is InChI=1S/C30H42N4O5/c1-3-38-28(36)22-32-27(35)20-30(13-5-4-6-14-30)15-18-33-16-11-24(12-17-33)34(26-10-9-23(2)21-31-26)29(37)25-8-7-19-39-25/h7-10,19,21,24H,3-6,11-18,20,22H2,1-2H3,(H,32,35). The Morgan fingerprint density at radius 2 is 1.92 bits per heavy atom. The van der Waals surface area contributed by atoms with Crippen molar-refractivity contribution >= 4 is 23.6 Å². The summed E-state index contributed by atoms with van der Waals surface area (Å²) in [7, 11) is 0. The topological polar surface area (TPSA) is 105 Å². The predicted octanol–water partition coefficient (Wildman–Crippen LogP) is 4.50. The first-order valence-electron chi connectivity index (χ1n) is 14.3. The lowest BCUT2D eigenvalue weighted by molar-refractivity contribution is -0.143. The minimum absolute atomic E-state index is 0.0268. The Bertz CT molecular complexity index is 1070. The Labute approximate surface area is 231 Å². The van der Waals surface area contributed by atoms with E-state index in [0.29, 0.717) is 24.6 Å². The summed E-state index contributed by atoms with van der Waals surface area (Å²) in [4.78, 5) is 46.6. The summed E-state index contributed by atoms with van der Waals surface area (Å²) in [5.41, 5.74) is 1.02. The van der Waals surface area contributed by atoms with E-state index in [1.54, 1.807) is 30.2 Å². The van der Waals surface area contributed by atoms with Gasteiger partial charge in [-0.25, -0.2) is 4.98 Å². The van der Waals surface area contributed by atoms with Crippen molar-refractivity contribution in [3.05, 3.63) is 48.0 Å². The number of esters is 1. The van der Waals surface area contributed by atoms with Crippen molar-refractivity contribution < 1.29 is 23.5 Å². The zero-order valence-corrected chi connectivity index (χ0v) is 23.3. The number of rotatable bonds is 11. The highest BCUT2D eigenvalue weighted by molar-refractivity contribution is 6.04. The third-order valence-electron chi connectivity index (χ3n) is 8.16. The molecule has 4 rings (SSSR count). The van der Waals surface area contributed by atoms with Crippen LogP contribution in [0.5, 0.6) is 0 Å². The number of aryl methyl sites for hydroxylation is 1. The van der Waals surface area contributed by atoms with Crippen LogP contribution in [0.2, 0.25) is 0 Å². The van der Waals surface area contributed by atoms with Crippen LogP contribution in [0.15, 0.2) is 41.1 Å². The van der Waals surface area contributed by atoms with Crippen LogP contribution in [0.3, 0.4) is 0 Å². The smallest absolute Gasteiger partial charge is 0.325 e. The van der Waals surface area contributed by atoms with Crippen molar-refractivity contribution in [1.29, 1.82) is 0 Å². The van der Waals surface area contributed by atoms with Gasteiger partial charge in [0.15, 0.2) is 5.76 Å². The number of amides is 2. The van der Waals surface area contributed by atoms with Crippen molar-refractivity contribution in [1.82, 2.24) is 15.2 Å². The van der Waals surface area contributed by atoms with Crippen LogP contribution in [-0.4, -0.2) is 66.5 Å². The first-order valence-corrected chi connectivity index (χ1v) is 14.3. The van der Waals surface area contributed by atoms with Crippen molar-refractivity contribution in [2.24, 2.45) is 5.41 Å². The van der Waals surface area contributed by atoms with E-state index in [1.165, 1.54) is 12.7 Å². The van der Waals surface area contributed by atoms with E-state index in [4.69, 9.17) is 9.15 Å². The van der Waals surface area contributed by atoms with Gasteiger partial charge in [0.1, 0.15) is 12.4 Å². The van der Waals surface area contributed by atoms with Gasteiger partial charge in [-0.05, 0) is 81.7 Å². The predicted molar refractivity (Wildman–Crippen MR) is 148 cm³/mol. The number of likely N-dealkylation sites (tertiary alicyclic amines) is 1. The fourth-order valence-corrected chi connectivity index (χ4v) is 5.98. The molecule has 0 aromatic carbocycles. The van der Waals surface area contributed by atoms with Gasteiger partial charge in [-0.2, -0.15) is 0 Å². The molecule has 0 spiro atoms. The number of carbonyl (C=O) groups is 3. The van der Waals surface area contributed by atoms with Gasteiger partial charge < -0.3 is 19.4 Å². The van der Waals surface area contributed by atoms with Gasteiger partial charge >= 0.3 is 5.97 Å². The summed E-state index contributed by atoms with van der Waals surface area (Å²) in [5, 5.41) is 2.76. The van der Waals surface area contributed by atoms with Crippen molar-refractivity contribution in [3.63, 3.8) is 0 Å². The summed E-state index contributed by atoms with van der Waals surface area (Å²) < 4.78 is 10.4. The summed E-state index contributed by atoms with van der Waals surface area (Å²) >= 11 is 0. The van der Waals surface area contributed by atoms with Crippen LogP contribution < -0.4 is 10.2 Å². The van der Waals surface area contributed by atoms with Crippen LogP contribution in [0.1, 0.15) is 80.8 Å². The Kier molecular flexibility index (Phi) is 10.1. The molecule has 2 fully saturated rings. The normalized spacial score (nSPS) is 17.9. The zero-order chi connectivity index (χ0) is 27.7. The number of furan rings is 1. The number of nitrogens with zero attached hydrogens (tertiary/aromatic N) is 3. The molecule has 1 saturated carbocycles. The fourth-order valence-electron chi connectivity index (χ4n) is 5.98. The molecule has 2 amide bonds. The Balaban J connectivity index is 1.34. The molecule has 2 aromatic rings. The molecule has 1 aliphatic heterocycles. The molecule has 0 radical (unpaired) electrons. The number of hydrogen-bond donors (Lipinski definition) is 1. The van der Waals surface area contributed by atoms with Gasteiger partial charge in [-0.3, -0.25) is 19.3 Å². The Morgan fingerprint density at radius 3 is 2.56 bits per heavy atom. The Hall–Kier alpha value is -3.20.